The molecule has 1 N–H and O–H groups in total. The molecule has 0 bridgehead atoms. The molecular weight excluding hydrogens is 442 g/mol. The molecule has 1 aliphatic rings. The molecule has 0 aliphatic heterocycles. The van der Waals surface area contributed by atoms with E-state index in [0.29, 0.717) is 15.8 Å². The van der Waals surface area contributed by atoms with Crippen molar-refractivity contribution in [3.63, 3.8) is 0 Å². The van der Waals surface area contributed by atoms with Crippen molar-refractivity contribution in [2.75, 3.05) is 6.61 Å². The van der Waals surface area contributed by atoms with Gasteiger partial charge >= 0.3 is 0 Å². The lowest BCUT2D eigenvalue weighted by atomic mass is 10.1. The molecule has 8 heteroatoms. The van der Waals surface area contributed by atoms with Crippen LogP contribution in [-0.2, 0) is 16.1 Å². The summed E-state index contributed by atoms with van der Waals surface area (Å²) in [5.41, 5.74) is 0.741. The predicted octanol–water partition coefficient (Wildman–Crippen LogP) is 4.99. The zero-order chi connectivity index (χ0) is 22.4. The SMILES string of the molecule is C[C@@H](C(=O)NC1CCCC1)N(Cc1ccc(Cl)c(Cl)c1)C(=O)COc1ccc(F)cc1. The fourth-order valence-electron chi connectivity index (χ4n) is 3.57. The molecule has 1 saturated carbocycles. The van der Waals surface area contributed by atoms with Crippen molar-refractivity contribution in [2.45, 2.75) is 51.2 Å². The molecule has 0 radical (unpaired) electrons. The van der Waals surface area contributed by atoms with E-state index < -0.39 is 11.9 Å². The number of hydrogen-bond acceptors (Lipinski definition) is 3. The lowest BCUT2D eigenvalue weighted by molar-refractivity contribution is -0.142. The van der Waals surface area contributed by atoms with E-state index >= 15 is 0 Å². The summed E-state index contributed by atoms with van der Waals surface area (Å²) in [4.78, 5) is 27.3. The maximum absolute atomic E-state index is 13.1. The Morgan fingerprint density at radius 3 is 2.45 bits per heavy atom. The van der Waals surface area contributed by atoms with E-state index in [1.807, 2.05) is 0 Å². The third kappa shape index (κ3) is 6.58. The Morgan fingerprint density at radius 1 is 1.13 bits per heavy atom. The minimum absolute atomic E-state index is 0.146. The second-order valence-corrected chi connectivity index (χ2v) is 8.49. The van der Waals surface area contributed by atoms with Crippen LogP contribution in [0.15, 0.2) is 42.5 Å². The molecule has 166 valence electrons. The molecule has 2 aromatic rings. The van der Waals surface area contributed by atoms with Crippen LogP contribution in [0.2, 0.25) is 10.0 Å². The van der Waals surface area contributed by atoms with Gasteiger partial charge in [-0.05, 0) is 61.7 Å². The molecule has 1 atom stereocenters. The summed E-state index contributed by atoms with van der Waals surface area (Å²) in [6.07, 6.45) is 4.09. The van der Waals surface area contributed by atoms with Crippen molar-refractivity contribution >= 4 is 35.0 Å². The number of nitrogens with one attached hydrogen (secondary N) is 1. The van der Waals surface area contributed by atoms with Gasteiger partial charge in [0.1, 0.15) is 17.6 Å². The minimum atomic E-state index is -0.709. The maximum atomic E-state index is 13.1. The van der Waals surface area contributed by atoms with E-state index in [1.165, 1.54) is 29.2 Å². The Morgan fingerprint density at radius 2 is 1.81 bits per heavy atom. The van der Waals surface area contributed by atoms with Crippen molar-refractivity contribution in [2.24, 2.45) is 0 Å². The van der Waals surface area contributed by atoms with E-state index in [4.69, 9.17) is 27.9 Å². The average molecular weight is 467 g/mol. The van der Waals surface area contributed by atoms with Crippen LogP contribution in [0.5, 0.6) is 5.75 Å². The lowest BCUT2D eigenvalue weighted by Gasteiger charge is -2.29. The number of hydrogen-bond donors (Lipinski definition) is 1. The molecule has 0 heterocycles. The van der Waals surface area contributed by atoms with Crippen LogP contribution in [-0.4, -0.2) is 35.4 Å². The first-order valence-electron chi connectivity index (χ1n) is 10.3. The number of carbonyl (C=O) groups excluding carboxylic acids is 2. The molecule has 31 heavy (non-hydrogen) atoms. The van der Waals surface area contributed by atoms with Gasteiger partial charge in [0.15, 0.2) is 6.61 Å². The summed E-state index contributed by atoms with van der Waals surface area (Å²) in [5, 5.41) is 3.82. The monoisotopic (exact) mass is 466 g/mol. The summed E-state index contributed by atoms with van der Waals surface area (Å²) < 4.78 is 18.6. The first-order valence-corrected chi connectivity index (χ1v) is 11.0. The third-order valence-electron chi connectivity index (χ3n) is 5.38. The fraction of sp³-hybridized carbons (Fsp3) is 0.391. The van der Waals surface area contributed by atoms with Gasteiger partial charge in [0.05, 0.1) is 10.0 Å². The van der Waals surface area contributed by atoms with Crippen LogP contribution in [0.25, 0.3) is 0 Å². The number of nitrogens with zero attached hydrogens (tertiary/aromatic N) is 1. The third-order valence-corrected chi connectivity index (χ3v) is 6.12. The van der Waals surface area contributed by atoms with E-state index in [9.17, 15) is 14.0 Å². The molecule has 2 amide bonds. The van der Waals surface area contributed by atoms with E-state index in [2.05, 4.69) is 5.32 Å². The number of ether oxygens (including phenoxy) is 1. The quantitative estimate of drug-likeness (QED) is 0.596. The Kier molecular flexibility index (Phi) is 8.15. The predicted molar refractivity (Wildman–Crippen MR) is 119 cm³/mol. The summed E-state index contributed by atoms with van der Waals surface area (Å²) in [5.74, 6) is -0.601. The zero-order valence-electron chi connectivity index (χ0n) is 17.2. The lowest BCUT2D eigenvalue weighted by Crippen LogP contribution is -2.50. The van der Waals surface area contributed by atoms with Gasteiger partial charge < -0.3 is 15.0 Å². The van der Waals surface area contributed by atoms with Gasteiger partial charge in [-0.1, -0.05) is 42.1 Å². The Labute approximate surface area is 191 Å². The molecule has 0 saturated heterocycles. The fourth-order valence-corrected chi connectivity index (χ4v) is 3.89. The van der Waals surface area contributed by atoms with Gasteiger partial charge in [0.2, 0.25) is 5.91 Å². The van der Waals surface area contributed by atoms with Gasteiger partial charge in [-0.2, -0.15) is 0 Å². The zero-order valence-corrected chi connectivity index (χ0v) is 18.8. The Bertz CT molecular complexity index is 918. The summed E-state index contributed by atoms with van der Waals surface area (Å²) in [6, 6.07) is 9.93. The summed E-state index contributed by atoms with van der Waals surface area (Å²) in [6.45, 7) is 1.58. The Hall–Kier alpha value is -2.31. The van der Waals surface area contributed by atoms with Crippen LogP contribution in [0.3, 0.4) is 0 Å². The van der Waals surface area contributed by atoms with Gasteiger partial charge in [0, 0.05) is 12.6 Å². The Balaban J connectivity index is 1.72. The highest BCUT2D eigenvalue weighted by atomic mass is 35.5. The van der Waals surface area contributed by atoms with Crippen molar-refractivity contribution in [1.82, 2.24) is 10.2 Å². The molecule has 0 spiro atoms. The smallest absolute Gasteiger partial charge is 0.261 e. The van der Waals surface area contributed by atoms with Crippen LogP contribution in [0, 0.1) is 5.82 Å². The molecule has 5 nitrogen and oxygen atoms in total. The van der Waals surface area contributed by atoms with Gasteiger partial charge in [0.25, 0.3) is 5.91 Å². The van der Waals surface area contributed by atoms with Crippen LogP contribution < -0.4 is 10.1 Å². The van der Waals surface area contributed by atoms with Crippen LogP contribution in [0.1, 0.15) is 38.2 Å². The normalized spacial score (nSPS) is 14.8. The van der Waals surface area contributed by atoms with Crippen molar-refractivity contribution in [1.29, 1.82) is 0 Å². The van der Waals surface area contributed by atoms with Crippen LogP contribution in [0.4, 0.5) is 4.39 Å². The topological polar surface area (TPSA) is 58.6 Å². The molecule has 3 rings (SSSR count). The second kappa shape index (κ2) is 10.8. The molecule has 2 aromatic carbocycles. The van der Waals surface area contributed by atoms with Gasteiger partial charge in [-0.15, -0.1) is 0 Å². The number of amides is 2. The largest absolute Gasteiger partial charge is 0.484 e. The summed E-state index contributed by atoms with van der Waals surface area (Å²) >= 11 is 12.1. The molecule has 0 aromatic heterocycles. The molecule has 0 unspecified atom stereocenters. The molecule has 1 fully saturated rings. The van der Waals surface area contributed by atoms with E-state index in [1.54, 1.807) is 25.1 Å². The highest BCUT2D eigenvalue weighted by Crippen LogP contribution is 2.24. The number of rotatable bonds is 8. The summed E-state index contributed by atoms with van der Waals surface area (Å²) in [7, 11) is 0. The van der Waals surface area contributed by atoms with Crippen LogP contribution >= 0.6 is 23.2 Å². The number of carbonyl (C=O) groups is 2. The van der Waals surface area contributed by atoms with Crippen molar-refractivity contribution in [3.05, 3.63) is 63.9 Å². The maximum Gasteiger partial charge on any atom is 0.261 e. The minimum Gasteiger partial charge on any atom is -0.484 e. The van der Waals surface area contributed by atoms with Crippen molar-refractivity contribution in [3.8, 4) is 5.75 Å². The second-order valence-electron chi connectivity index (χ2n) is 7.68. The average Bonchev–Trinajstić information content (AvgIpc) is 3.26. The first kappa shape index (κ1) is 23.4. The highest BCUT2D eigenvalue weighted by molar-refractivity contribution is 6.42. The van der Waals surface area contributed by atoms with Gasteiger partial charge in [-0.25, -0.2) is 4.39 Å². The highest BCUT2D eigenvalue weighted by Gasteiger charge is 2.28. The van der Waals surface area contributed by atoms with E-state index in [-0.39, 0.29) is 31.0 Å². The van der Waals surface area contributed by atoms with Gasteiger partial charge in [-0.3, -0.25) is 9.59 Å². The van der Waals surface area contributed by atoms with E-state index in [0.717, 1.165) is 31.2 Å². The molecular formula is C23H25Cl2FN2O3. The van der Waals surface area contributed by atoms with Crippen molar-refractivity contribution < 1.29 is 18.7 Å². The first-order chi connectivity index (χ1) is 14.8. The number of halogens is 3. The standard InChI is InChI=1S/C23H25Cl2FN2O3/c1-15(23(30)27-18-4-2-3-5-18)28(13-16-6-11-20(24)21(25)12-16)22(29)14-31-19-9-7-17(26)8-10-19/h6-12,15,18H,2-5,13-14H2,1H3,(H,27,30)/t15-/m0/s1. The number of benzene rings is 2. The molecule has 1 aliphatic carbocycles.